The first-order valence-electron chi connectivity index (χ1n) is 12.2. The predicted octanol–water partition coefficient (Wildman–Crippen LogP) is 4.13. The van der Waals surface area contributed by atoms with Crippen LogP contribution in [0.15, 0.2) is 84.9 Å². The molecule has 1 amide bonds. The highest BCUT2D eigenvalue weighted by Gasteiger charge is 2.48. The Kier molecular flexibility index (Phi) is 6.66. The van der Waals surface area contributed by atoms with Crippen molar-refractivity contribution in [3.8, 4) is 0 Å². The lowest BCUT2D eigenvalue weighted by Crippen LogP contribution is -2.54. The van der Waals surface area contributed by atoms with Gasteiger partial charge in [-0.25, -0.2) is 0 Å². The van der Waals surface area contributed by atoms with Crippen LogP contribution >= 0.6 is 0 Å². The molecule has 0 aromatic heterocycles. The van der Waals surface area contributed by atoms with E-state index in [1.165, 1.54) is 11.3 Å². The highest BCUT2D eigenvalue weighted by molar-refractivity contribution is 5.94. The molecule has 0 N–H and O–H groups in total. The summed E-state index contributed by atoms with van der Waals surface area (Å²) < 4.78 is 5.43. The van der Waals surface area contributed by atoms with Gasteiger partial charge in [0.25, 0.3) is 0 Å². The maximum Gasteiger partial charge on any atom is 0.239 e. The quantitative estimate of drug-likeness (QED) is 0.537. The summed E-state index contributed by atoms with van der Waals surface area (Å²) >= 11 is 0. The van der Waals surface area contributed by atoms with Gasteiger partial charge in [-0.2, -0.15) is 0 Å². The maximum atomic E-state index is 14.1. The molecule has 3 aromatic rings. The summed E-state index contributed by atoms with van der Waals surface area (Å²) in [6.07, 6.45) is 0.748. The Bertz CT molecular complexity index is 1100. The van der Waals surface area contributed by atoms with Crippen LogP contribution in [0.5, 0.6) is 0 Å². The molecule has 2 heterocycles. The minimum Gasteiger partial charge on any atom is -0.369 e. The Morgan fingerprint density at radius 1 is 0.824 bits per heavy atom. The van der Waals surface area contributed by atoms with Crippen molar-refractivity contribution in [1.82, 2.24) is 9.80 Å². The van der Waals surface area contributed by atoms with Gasteiger partial charge < -0.3 is 14.5 Å². The van der Waals surface area contributed by atoms with E-state index in [2.05, 4.69) is 76.5 Å². The molecule has 5 rings (SSSR count). The van der Waals surface area contributed by atoms with E-state index in [1.54, 1.807) is 7.11 Å². The number of anilines is 1. The topological polar surface area (TPSA) is 36.0 Å². The molecule has 0 radical (unpaired) electrons. The third kappa shape index (κ3) is 4.22. The van der Waals surface area contributed by atoms with E-state index in [0.717, 1.165) is 50.3 Å². The first kappa shape index (κ1) is 22.6. The van der Waals surface area contributed by atoms with Crippen molar-refractivity contribution in [2.45, 2.75) is 18.4 Å². The normalized spacial score (nSPS) is 20.9. The smallest absolute Gasteiger partial charge is 0.239 e. The number of methoxy groups -OCH3 is 1. The summed E-state index contributed by atoms with van der Waals surface area (Å²) in [5.74, 6) is 0.141. The van der Waals surface area contributed by atoms with Crippen LogP contribution in [0.3, 0.4) is 0 Å². The number of hydrogen-bond acceptors (Lipinski definition) is 4. The second kappa shape index (κ2) is 10.00. The zero-order chi connectivity index (χ0) is 23.4. The van der Waals surface area contributed by atoms with Gasteiger partial charge in [-0.05, 0) is 41.8 Å². The number of carbonyl (C=O) groups is 1. The van der Waals surface area contributed by atoms with Crippen molar-refractivity contribution < 1.29 is 9.53 Å². The van der Waals surface area contributed by atoms with Crippen LogP contribution in [0.2, 0.25) is 0 Å². The van der Waals surface area contributed by atoms with Gasteiger partial charge in [-0.15, -0.1) is 0 Å². The second-order valence-corrected chi connectivity index (χ2v) is 9.26. The molecule has 1 saturated heterocycles. The Labute approximate surface area is 202 Å². The largest absolute Gasteiger partial charge is 0.369 e. The summed E-state index contributed by atoms with van der Waals surface area (Å²) in [6, 6.07) is 29.4. The molecule has 2 aliphatic rings. The number of benzene rings is 3. The molecule has 1 atom stereocenters. The van der Waals surface area contributed by atoms with Crippen molar-refractivity contribution in [3.05, 3.63) is 102 Å². The van der Waals surface area contributed by atoms with Gasteiger partial charge >= 0.3 is 0 Å². The zero-order valence-electron chi connectivity index (χ0n) is 19.9. The first-order chi connectivity index (χ1) is 16.7. The van der Waals surface area contributed by atoms with Crippen molar-refractivity contribution in [2.24, 2.45) is 0 Å². The second-order valence-electron chi connectivity index (χ2n) is 9.26. The first-order valence-corrected chi connectivity index (χ1v) is 12.2. The molecular formula is C29H33N3O2. The van der Waals surface area contributed by atoms with Crippen LogP contribution in [-0.4, -0.2) is 62.3 Å². The summed E-state index contributed by atoms with van der Waals surface area (Å²) in [7, 11) is 1.66. The van der Waals surface area contributed by atoms with Crippen LogP contribution < -0.4 is 4.90 Å². The van der Waals surface area contributed by atoms with Gasteiger partial charge in [0.15, 0.2) is 0 Å². The zero-order valence-corrected chi connectivity index (χ0v) is 19.9. The van der Waals surface area contributed by atoms with Crippen LogP contribution in [0.1, 0.15) is 23.1 Å². The van der Waals surface area contributed by atoms with E-state index in [9.17, 15) is 4.79 Å². The average molecular weight is 456 g/mol. The lowest BCUT2D eigenvalue weighted by atomic mass is 9.67. The number of para-hydroxylation sites is 1. The van der Waals surface area contributed by atoms with Crippen molar-refractivity contribution in [2.75, 3.05) is 51.5 Å². The monoisotopic (exact) mass is 455 g/mol. The van der Waals surface area contributed by atoms with Gasteiger partial charge in [0, 0.05) is 45.5 Å². The number of ether oxygens (including phenoxy) is 1. The molecule has 0 spiro atoms. The number of carbonyl (C=O) groups excluding carboxylic acids is 1. The number of rotatable bonds is 7. The van der Waals surface area contributed by atoms with E-state index in [1.807, 2.05) is 23.1 Å². The molecule has 0 bridgehead atoms. The van der Waals surface area contributed by atoms with Crippen LogP contribution in [0.4, 0.5) is 5.69 Å². The fraction of sp³-hybridized carbons (Fsp3) is 0.345. The number of nitrogens with zero attached hydrogens (tertiary/aromatic N) is 3. The van der Waals surface area contributed by atoms with Crippen LogP contribution in [-0.2, 0) is 21.5 Å². The van der Waals surface area contributed by atoms with Gasteiger partial charge in [0.2, 0.25) is 5.91 Å². The fourth-order valence-corrected chi connectivity index (χ4v) is 5.58. The van der Waals surface area contributed by atoms with Crippen LogP contribution in [0.25, 0.3) is 0 Å². The molecule has 0 saturated carbocycles. The van der Waals surface area contributed by atoms with E-state index in [-0.39, 0.29) is 5.91 Å². The van der Waals surface area contributed by atoms with Crippen LogP contribution in [0, 0.1) is 0 Å². The molecule has 1 fully saturated rings. The Balaban J connectivity index is 1.42. The van der Waals surface area contributed by atoms with Crippen molar-refractivity contribution in [3.63, 3.8) is 0 Å². The maximum absolute atomic E-state index is 14.1. The molecular weight excluding hydrogens is 422 g/mol. The van der Waals surface area contributed by atoms with Gasteiger partial charge in [-0.1, -0.05) is 72.8 Å². The molecule has 2 aliphatic heterocycles. The molecule has 34 heavy (non-hydrogen) atoms. The summed E-state index contributed by atoms with van der Waals surface area (Å²) in [5.41, 5.74) is 4.00. The fourth-order valence-electron chi connectivity index (χ4n) is 5.58. The van der Waals surface area contributed by atoms with Gasteiger partial charge in [0.05, 0.1) is 0 Å². The van der Waals surface area contributed by atoms with E-state index in [0.29, 0.717) is 13.3 Å². The number of piperazine rings is 1. The predicted molar refractivity (Wildman–Crippen MR) is 136 cm³/mol. The third-order valence-electron chi connectivity index (χ3n) is 7.34. The highest BCUT2D eigenvalue weighted by atomic mass is 16.5. The summed E-state index contributed by atoms with van der Waals surface area (Å²) in [5, 5.41) is 0. The average Bonchev–Trinajstić information content (AvgIpc) is 2.90. The Morgan fingerprint density at radius 3 is 2.18 bits per heavy atom. The molecule has 176 valence electrons. The van der Waals surface area contributed by atoms with Crippen molar-refractivity contribution in [1.29, 1.82) is 0 Å². The molecule has 1 unspecified atom stereocenters. The lowest BCUT2D eigenvalue weighted by molar-refractivity contribution is -0.143. The Morgan fingerprint density at radius 2 is 1.47 bits per heavy atom. The summed E-state index contributed by atoms with van der Waals surface area (Å²) in [4.78, 5) is 21.0. The molecule has 0 aliphatic carbocycles. The standard InChI is InChI=1S/C29H33N3O2/c1-34-23-32-22-24-10-8-9-15-27(24)29(28(32)33,25-11-4-2-5-12-25)16-17-30-18-20-31(21-19-30)26-13-6-3-7-14-26/h2-15H,16-23H2,1H3. The molecule has 3 aromatic carbocycles. The molecule has 5 nitrogen and oxygen atoms in total. The lowest BCUT2D eigenvalue weighted by Gasteiger charge is -2.45. The van der Waals surface area contributed by atoms with Gasteiger partial charge in [-0.3, -0.25) is 9.69 Å². The third-order valence-corrected chi connectivity index (χ3v) is 7.34. The van der Waals surface area contributed by atoms with E-state index < -0.39 is 5.41 Å². The highest BCUT2D eigenvalue weighted by Crippen LogP contribution is 2.43. The number of fused-ring (bicyclic) bond motifs is 1. The van der Waals surface area contributed by atoms with Gasteiger partial charge in [0.1, 0.15) is 12.1 Å². The van der Waals surface area contributed by atoms with E-state index >= 15 is 0 Å². The Hall–Kier alpha value is -3.15. The number of hydrogen-bond donors (Lipinski definition) is 0. The summed E-state index contributed by atoms with van der Waals surface area (Å²) in [6.45, 7) is 5.77. The minimum absolute atomic E-state index is 0.141. The SMILES string of the molecule is COCN1Cc2ccccc2C(CCN2CCN(c3ccccc3)CC2)(c2ccccc2)C1=O. The van der Waals surface area contributed by atoms with E-state index in [4.69, 9.17) is 4.74 Å². The minimum atomic E-state index is -0.703. The van der Waals surface area contributed by atoms with Crippen molar-refractivity contribution >= 4 is 11.6 Å². The molecule has 5 heteroatoms. The number of amides is 1.